The van der Waals surface area contributed by atoms with Gasteiger partial charge in [0.15, 0.2) is 5.69 Å². The first kappa shape index (κ1) is 12.3. The molecule has 4 rings (SSSR count). The molecule has 1 atom stereocenters. The van der Waals surface area contributed by atoms with Gasteiger partial charge in [-0.15, -0.1) is 0 Å². The summed E-state index contributed by atoms with van der Waals surface area (Å²) in [4.78, 5) is 0. The molecule has 0 aliphatic carbocycles. The van der Waals surface area contributed by atoms with Crippen LogP contribution in [-0.4, -0.2) is 11.6 Å². The maximum Gasteiger partial charge on any atom is 0.881 e. The van der Waals surface area contributed by atoms with E-state index in [0.29, 0.717) is 22.9 Å². The fourth-order valence-corrected chi connectivity index (χ4v) is 2.98. The molecule has 8 heteroatoms. The molecule has 100 valence electrons. The lowest BCUT2D eigenvalue weighted by atomic mass is 10.0. The van der Waals surface area contributed by atoms with Crippen LogP contribution in [0.2, 0.25) is 0 Å². The van der Waals surface area contributed by atoms with Gasteiger partial charge in [0.05, 0.1) is 0 Å². The van der Waals surface area contributed by atoms with Gasteiger partial charge in [0.25, 0.3) is 0 Å². The van der Waals surface area contributed by atoms with Gasteiger partial charge in [-0.3, -0.25) is 0 Å². The number of hydrogen-bond acceptors (Lipinski definition) is 3. The highest BCUT2D eigenvalue weighted by atomic mass is 79.9. The summed E-state index contributed by atoms with van der Waals surface area (Å²) in [5, 5.41) is 4.31. The van der Waals surface area contributed by atoms with Crippen molar-refractivity contribution in [1.82, 2.24) is 0 Å². The summed E-state index contributed by atoms with van der Waals surface area (Å²) in [6.45, 7) is -3.17. The first-order valence-corrected chi connectivity index (χ1v) is 7.44. The van der Waals surface area contributed by atoms with E-state index in [9.17, 15) is 4.32 Å². The van der Waals surface area contributed by atoms with Crippen molar-refractivity contribution in [2.24, 2.45) is 5.11 Å². The lowest BCUT2D eigenvalue weighted by Gasteiger charge is -2.25. The van der Waals surface area contributed by atoms with E-state index in [0.717, 1.165) is 13.6 Å². The zero-order chi connectivity index (χ0) is 13.9. The van der Waals surface area contributed by atoms with Gasteiger partial charge >= 0.3 is 6.96 Å². The Balaban J connectivity index is 1.95. The van der Waals surface area contributed by atoms with Crippen molar-refractivity contribution in [3.63, 3.8) is 0 Å². The molecule has 2 aliphatic rings. The standard InChI is InChI=1S/C12H6BBr2FN2O2/c14-7-1-3-11-9(5-7)17-18-10-6-8(15)2-4-12(10)20-13(18,16)19-11/h1-6H. The summed E-state index contributed by atoms with van der Waals surface area (Å²) in [6, 6.07) is 10.4. The Labute approximate surface area is 130 Å². The van der Waals surface area contributed by atoms with Crippen LogP contribution in [0, 0.1) is 0 Å². The van der Waals surface area contributed by atoms with E-state index >= 15 is 0 Å². The average molecular weight is 400 g/mol. The van der Waals surface area contributed by atoms with E-state index in [2.05, 4.69) is 37.0 Å². The van der Waals surface area contributed by atoms with E-state index in [1.165, 1.54) is 0 Å². The second kappa shape index (κ2) is 4.05. The highest BCUT2D eigenvalue weighted by Gasteiger charge is 2.61. The second-order valence-electron chi connectivity index (χ2n) is 4.49. The van der Waals surface area contributed by atoms with Crippen molar-refractivity contribution in [2.45, 2.75) is 0 Å². The van der Waals surface area contributed by atoms with Gasteiger partial charge in [-0.2, -0.15) is 4.61 Å². The van der Waals surface area contributed by atoms with E-state index in [-0.39, 0.29) is 0 Å². The Morgan fingerprint density at radius 3 is 2.45 bits per heavy atom. The maximum atomic E-state index is 14.9. The van der Waals surface area contributed by atoms with Gasteiger partial charge in [0.2, 0.25) is 5.69 Å². The Kier molecular flexibility index (Phi) is 2.50. The number of fused-ring (bicyclic) bond motifs is 4. The minimum Gasteiger partial charge on any atom is -0.588 e. The van der Waals surface area contributed by atoms with Crippen molar-refractivity contribution < 1.29 is 18.2 Å². The monoisotopic (exact) mass is 398 g/mol. The van der Waals surface area contributed by atoms with Gasteiger partial charge < -0.3 is 13.6 Å². The highest BCUT2D eigenvalue weighted by Crippen LogP contribution is 2.47. The fourth-order valence-electron chi connectivity index (χ4n) is 2.28. The van der Waals surface area contributed by atoms with E-state index in [4.69, 9.17) is 9.31 Å². The van der Waals surface area contributed by atoms with Crippen LogP contribution in [0.25, 0.3) is 0 Å². The van der Waals surface area contributed by atoms with Crippen molar-refractivity contribution in [3.8, 4) is 11.5 Å². The molecule has 0 saturated heterocycles. The number of halogens is 3. The maximum absolute atomic E-state index is 14.9. The van der Waals surface area contributed by atoms with E-state index < -0.39 is 6.96 Å². The molecule has 2 aliphatic heterocycles. The quantitative estimate of drug-likeness (QED) is 0.595. The lowest BCUT2D eigenvalue weighted by Crippen LogP contribution is -2.50. The topological polar surface area (TPSA) is 33.8 Å². The molecule has 0 aromatic heterocycles. The van der Waals surface area contributed by atoms with Crippen molar-refractivity contribution in [1.29, 1.82) is 0 Å². The molecule has 0 saturated carbocycles. The molecule has 1 unspecified atom stereocenters. The SMILES string of the molecule is F[B-]12Oc3ccc(Br)cc3N=[N+]1c1cc(Br)ccc1O2. The Morgan fingerprint density at radius 1 is 1.00 bits per heavy atom. The van der Waals surface area contributed by atoms with Crippen molar-refractivity contribution in [3.05, 3.63) is 45.3 Å². The smallest absolute Gasteiger partial charge is 0.588 e. The third-order valence-electron chi connectivity index (χ3n) is 3.14. The number of azo groups is 1. The van der Waals surface area contributed by atoms with Crippen LogP contribution >= 0.6 is 31.9 Å². The molecule has 0 radical (unpaired) electrons. The average Bonchev–Trinajstić information content (AvgIpc) is 2.68. The van der Waals surface area contributed by atoms with Gasteiger partial charge in [-0.1, -0.05) is 31.9 Å². The number of benzene rings is 2. The molecule has 0 N–H and O–H groups in total. The predicted octanol–water partition coefficient (Wildman–Crippen LogP) is 4.83. The molecule has 0 bridgehead atoms. The van der Waals surface area contributed by atoms with Gasteiger partial charge in [-0.05, 0) is 35.4 Å². The van der Waals surface area contributed by atoms with Crippen molar-refractivity contribution >= 4 is 50.2 Å². The highest BCUT2D eigenvalue weighted by molar-refractivity contribution is 9.10. The number of rotatable bonds is 0. The molecule has 2 heterocycles. The van der Waals surface area contributed by atoms with Crippen LogP contribution < -0.4 is 9.31 Å². The van der Waals surface area contributed by atoms with E-state index in [1.807, 2.05) is 0 Å². The zero-order valence-electron chi connectivity index (χ0n) is 9.89. The third kappa shape index (κ3) is 1.71. The molecule has 0 amide bonds. The summed E-state index contributed by atoms with van der Waals surface area (Å²) in [5.74, 6) is 0.769. The van der Waals surface area contributed by atoms with Crippen LogP contribution in [-0.2, 0) is 0 Å². The number of nitrogens with zero attached hydrogens (tertiary/aromatic N) is 2. The number of hydrogen-bond donors (Lipinski definition) is 0. The Morgan fingerprint density at radius 2 is 1.65 bits per heavy atom. The molecule has 4 nitrogen and oxygen atoms in total. The first-order chi connectivity index (χ1) is 9.55. The van der Waals surface area contributed by atoms with E-state index in [1.54, 1.807) is 36.4 Å². The Bertz CT molecular complexity index is 780. The van der Waals surface area contributed by atoms with Gasteiger partial charge in [0, 0.05) is 15.0 Å². The normalized spacial score (nSPS) is 22.1. The van der Waals surface area contributed by atoms with Crippen LogP contribution in [0.5, 0.6) is 11.5 Å². The molecule has 2 aromatic carbocycles. The molecule has 0 fully saturated rings. The summed E-state index contributed by atoms with van der Waals surface area (Å²) in [6.07, 6.45) is 0. The molecular formula is C12H6BBr2FN2O2. The minimum absolute atomic E-state index is 0.360. The predicted molar refractivity (Wildman–Crippen MR) is 78.4 cm³/mol. The minimum atomic E-state index is -3.17. The zero-order valence-corrected chi connectivity index (χ0v) is 13.1. The molecule has 20 heavy (non-hydrogen) atoms. The largest absolute Gasteiger partial charge is 0.881 e. The fraction of sp³-hybridized carbons (Fsp3) is 0. The van der Waals surface area contributed by atoms with Crippen LogP contribution in [0.3, 0.4) is 0 Å². The van der Waals surface area contributed by atoms with Crippen molar-refractivity contribution in [2.75, 3.05) is 0 Å². The first-order valence-electron chi connectivity index (χ1n) is 5.86. The summed E-state index contributed by atoms with van der Waals surface area (Å²) < 4.78 is 28.4. The van der Waals surface area contributed by atoms with Gasteiger partial charge in [0.1, 0.15) is 11.5 Å². The van der Waals surface area contributed by atoms with Crippen LogP contribution in [0.1, 0.15) is 0 Å². The summed E-state index contributed by atoms with van der Waals surface area (Å²) in [7, 11) is 0. The lowest BCUT2D eigenvalue weighted by molar-refractivity contribution is -0.411. The van der Waals surface area contributed by atoms with Gasteiger partial charge in [-0.25, -0.2) is 0 Å². The third-order valence-corrected chi connectivity index (χ3v) is 4.13. The Hall–Kier alpha value is -1.41. The molecule has 2 aromatic rings. The summed E-state index contributed by atoms with van der Waals surface area (Å²) in [5.41, 5.74) is 1.08. The molecular weight excluding hydrogens is 394 g/mol. The molecule has 0 spiro atoms. The second-order valence-corrected chi connectivity index (χ2v) is 6.32. The summed E-state index contributed by atoms with van der Waals surface area (Å²) >= 11 is 6.71. The van der Waals surface area contributed by atoms with Crippen LogP contribution in [0.15, 0.2) is 50.5 Å². The van der Waals surface area contributed by atoms with Crippen LogP contribution in [0.4, 0.5) is 15.7 Å².